The van der Waals surface area contributed by atoms with Crippen molar-refractivity contribution in [2.24, 2.45) is 5.92 Å². The number of hydrogen-bond acceptors (Lipinski definition) is 4. The molecule has 0 aliphatic carbocycles. The molecule has 4 aromatic heterocycles. The van der Waals surface area contributed by atoms with Gasteiger partial charge in [0.15, 0.2) is 5.58 Å². The molecule has 279 valence electrons. The summed E-state index contributed by atoms with van der Waals surface area (Å²) in [6.07, 6.45) is 3.24. The van der Waals surface area contributed by atoms with E-state index in [1.165, 1.54) is 10.8 Å². The van der Waals surface area contributed by atoms with Crippen LogP contribution in [0.1, 0.15) is 19.4 Å². The number of aromatic nitrogens is 3. The smallest absolute Gasteiger partial charge is 0.158 e. The molecule has 56 heavy (non-hydrogen) atoms. The summed E-state index contributed by atoms with van der Waals surface area (Å²) in [5, 5.41) is 5.80. The maximum absolute atomic E-state index is 6.40. The molecule has 0 amide bonds. The van der Waals surface area contributed by atoms with Gasteiger partial charge in [-0.25, -0.2) is 0 Å². The average Bonchev–Trinajstić information content (AvgIpc) is 3.89. The second kappa shape index (κ2) is 15.2. The molecule has 7 heteroatoms. The normalized spacial score (nSPS) is 11.8. The molecule has 6 aromatic carbocycles. The van der Waals surface area contributed by atoms with E-state index in [1.807, 2.05) is 78.9 Å². The zero-order valence-electron chi connectivity index (χ0n) is 32.1. The first-order valence-corrected chi connectivity index (χ1v) is 22.4. The number of hydrogen-bond donors (Lipinski definition) is 0. The van der Waals surface area contributed by atoms with Crippen molar-refractivity contribution in [3.05, 3.63) is 157 Å². The van der Waals surface area contributed by atoms with E-state index in [0.29, 0.717) is 5.92 Å². The molecule has 1 radical (unpaired) electrons. The summed E-state index contributed by atoms with van der Waals surface area (Å²) in [6.45, 7) is 11.7. The van der Waals surface area contributed by atoms with Crippen LogP contribution in [0.15, 0.2) is 148 Å². The van der Waals surface area contributed by atoms with E-state index in [-0.39, 0.29) is 20.1 Å². The van der Waals surface area contributed by atoms with Crippen molar-refractivity contribution in [3.8, 4) is 28.3 Å². The molecule has 0 N–H and O–H groups in total. The number of imidazole rings is 1. The Morgan fingerprint density at radius 1 is 0.679 bits per heavy atom. The molecular weight excluding hydrogens is 883 g/mol. The molecular formula is C49H41IrN3O2Si-2. The standard InChI is InChI=1S/C31H17N2O2.C18H24NSi.Ir/c1-5-17-27-19(9-1)21-11-7-13-23(29(21)34-27)31-32-24-14-3-4-15-25(24)33(31)26-16-8-12-22-20-10-2-6-18-28(20)35-30(22)26;1-14(2)11-16-12-17(15-9-7-6-8-10-15)19-13-18(16)20(3,4)5;/h1-12,14-18H;6-9,12-14H,11H2,1-5H3;/q2*-1;. The molecule has 0 fully saturated rings. The summed E-state index contributed by atoms with van der Waals surface area (Å²) < 4.78 is 14.9. The first-order valence-electron chi connectivity index (χ1n) is 18.9. The Kier molecular flexibility index (Phi) is 10.1. The largest absolute Gasteiger partial charge is 0.501 e. The van der Waals surface area contributed by atoms with Gasteiger partial charge < -0.3 is 18.4 Å². The second-order valence-electron chi connectivity index (χ2n) is 15.6. The molecule has 0 unspecified atom stereocenters. The van der Waals surface area contributed by atoms with Crippen LogP contribution in [-0.2, 0) is 26.5 Å². The van der Waals surface area contributed by atoms with E-state index < -0.39 is 8.07 Å². The molecule has 0 bridgehead atoms. The summed E-state index contributed by atoms with van der Waals surface area (Å²) in [4.78, 5) is 9.76. The van der Waals surface area contributed by atoms with Crippen LogP contribution in [0, 0.1) is 18.1 Å². The Labute approximate surface area is 341 Å². The van der Waals surface area contributed by atoms with Gasteiger partial charge in [-0.1, -0.05) is 117 Å². The topological polar surface area (TPSA) is 57.0 Å². The van der Waals surface area contributed by atoms with E-state index in [9.17, 15) is 0 Å². The van der Waals surface area contributed by atoms with Gasteiger partial charge in [-0.2, -0.15) is 0 Å². The monoisotopic (exact) mass is 924 g/mol. The minimum atomic E-state index is -1.34. The molecule has 10 rings (SSSR count). The molecule has 0 aliphatic rings. The molecule has 5 nitrogen and oxygen atoms in total. The van der Waals surface area contributed by atoms with Gasteiger partial charge in [0.1, 0.15) is 11.2 Å². The quantitative estimate of drug-likeness (QED) is 0.123. The predicted molar refractivity (Wildman–Crippen MR) is 230 cm³/mol. The Morgan fingerprint density at radius 2 is 1.34 bits per heavy atom. The van der Waals surface area contributed by atoms with Gasteiger partial charge in [0.25, 0.3) is 0 Å². The fourth-order valence-electron chi connectivity index (χ4n) is 7.68. The average molecular weight is 924 g/mol. The van der Waals surface area contributed by atoms with Gasteiger partial charge in [-0.3, -0.25) is 4.98 Å². The van der Waals surface area contributed by atoms with E-state index in [2.05, 4.69) is 116 Å². The van der Waals surface area contributed by atoms with Gasteiger partial charge in [-0.05, 0) is 53.6 Å². The van der Waals surface area contributed by atoms with Gasteiger partial charge in [0.2, 0.25) is 0 Å². The van der Waals surface area contributed by atoms with Gasteiger partial charge >= 0.3 is 0 Å². The predicted octanol–water partition coefficient (Wildman–Crippen LogP) is 12.6. The zero-order chi connectivity index (χ0) is 37.7. The van der Waals surface area contributed by atoms with Crippen molar-refractivity contribution in [1.82, 2.24) is 14.5 Å². The number of pyridine rings is 1. The minimum Gasteiger partial charge on any atom is -0.501 e. The number of fused-ring (bicyclic) bond motifs is 7. The fraction of sp³-hybridized carbons (Fsp3) is 0.143. The van der Waals surface area contributed by atoms with Crippen LogP contribution in [0.4, 0.5) is 0 Å². The van der Waals surface area contributed by atoms with Crippen LogP contribution in [0.25, 0.3) is 83.2 Å². The third-order valence-corrected chi connectivity index (χ3v) is 12.2. The van der Waals surface area contributed by atoms with Crippen LogP contribution in [0.5, 0.6) is 0 Å². The number of nitrogens with zero attached hydrogens (tertiary/aromatic N) is 3. The third-order valence-electron chi connectivity index (χ3n) is 10.2. The first kappa shape index (κ1) is 37.3. The molecule has 0 saturated carbocycles. The summed E-state index contributed by atoms with van der Waals surface area (Å²) in [7, 11) is -1.34. The van der Waals surface area contributed by atoms with E-state index in [0.717, 1.165) is 89.7 Å². The molecule has 0 aliphatic heterocycles. The Bertz CT molecular complexity index is 2990. The summed E-state index contributed by atoms with van der Waals surface area (Å²) >= 11 is 0. The first-order chi connectivity index (χ1) is 26.7. The summed E-state index contributed by atoms with van der Waals surface area (Å²) in [5.74, 6) is 1.43. The molecule has 0 atom stereocenters. The Morgan fingerprint density at radius 3 is 2.05 bits per heavy atom. The van der Waals surface area contributed by atoms with Crippen LogP contribution in [0.2, 0.25) is 19.6 Å². The van der Waals surface area contributed by atoms with Crippen LogP contribution in [0.3, 0.4) is 0 Å². The second-order valence-corrected chi connectivity index (χ2v) is 20.6. The maximum atomic E-state index is 6.40. The summed E-state index contributed by atoms with van der Waals surface area (Å²) in [6, 6.07) is 51.7. The Balaban J connectivity index is 0.000000181. The van der Waals surface area contributed by atoms with Crippen molar-refractivity contribution < 1.29 is 28.9 Å². The number of rotatable bonds is 6. The number of furan rings is 2. The van der Waals surface area contributed by atoms with Gasteiger partial charge in [-0.15, -0.1) is 54.1 Å². The van der Waals surface area contributed by atoms with Crippen molar-refractivity contribution in [2.45, 2.75) is 39.9 Å². The van der Waals surface area contributed by atoms with E-state index in [1.54, 1.807) is 0 Å². The summed E-state index contributed by atoms with van der Waals surface area (Å²) in [5.41, 5.74) is 10.6. The molecule has 4 heterocycles. The van der Waals surface area contributed by atoms with Crippen molar-refractivity contribution in [2.75, 3.05) is 0 Å². The maximum Gasteiger partial charge on any atom is 0.158 e. The number of para-hydroxylation sites is 5. The van der Waals surface area contributed by atoms with Gasteiger partial charge in [0.05, 0.1) is 36.2 Å². The zero-order valence-corrected chi connectivity index (χ0v) is 35.5. The molecule has 10 aromatic rings. The Hall–Kier alpha value is -5.59. The van der Waals surface area contributed by atoms with Crippen molar-refractivity contribution in [1.29, 1.82) is 0 Å². The van der Waals surface area contributed by atoms with Crippen molar-refractivity contribution >= 4 is 68.2 Å². The van der Waals surface area contributed by atoms with Gasteiger partial charge in [0, 0.05) is 42.5 Å². The van der Waals surface area contributed by atoms with Crippen LogP contribution < -0.4 is 5.19 Å². The van der Waals surface area contributed by atoms with E-state index >= 15 is 0 Å². The van der Waals surface area contributed by atoms with Crippen molar-refractivity contribution in [3.63, 3.8) is 0 Å². The minimum absolute atomic E-state index is 0. The van der Waals surface area contributed by atoms with E-state index in [4.69, 9.17) is 13.8 Å². The number of benzene rings is 6. The van der Waals surface area contributed by atoms with Crippen LogP contribution >= 0.6 is 0 Å². The molecule has 0 saturated heterocycles. The third kappa shape index (κ3) is 6.81. The fourth-order valence-corrected chi connectivity index (χ4v) is 9.27. The molecule has 0 spiro atoms. The SMILES string of the molecule is CC(C)Cc1cc(-c2[c-]cccc2)ncc1[Si](C)(C)C.[Ir].[c-]1ccc2c(oc3ccccc32)c1-c1nc2ccccc2n1-c1cccc2c1oc1ccccc12. The van der Waals surface area contributed by atoms with Crippen LogP contribution in [-0.4, -0.2) is 22.6 Å².